The van der Waals surface area contributed by atoms with Gasteiger partial charge in [-0.2, -0.15) is 8.78 Å². The monoisotopic (exact) mass is 378 g/mol. The molecule has 0 saturated heterocycles. The molecule has 0 aromatic heterocycles. The second-order valence-electron chi connectivity index (χ2n) is 4.00. The molecule has 1 rings (SSSR count). The molecule has 0 aliphatic carbocycles. The molecule has 0 fully saturated rings. The number of nitrogens with one attached hydrogen (secondary N) is 1. The quantitative estimate of drug-likeness (QED) is 0.610. The minimum atomic E-state index is -4.45. The van der Waals surface area contributed by atoms with Crippen molar-refractivity contribution in [1.29, 1.82) is 0 Å². The molecule has 0 saturated carbocycles. The molecule has 0 bridgehead atoms. The van der Waals surface area contributed by atoms with Gasteiger partial charge in [-0.25, -0.2) is 21.9 Å². The van der Waals surface area contributed by atoms with Crippen LogP contribution in [0.25, 0.3) is 0 Å². The third-order valence-electron chi connectivity index (χ3n) is 2.47. The molecular formula is C10H11BrF4N2O2S. The molecule has 20 heavy (non-hydrogen) atoms. The molecule has 1 aromatic carbocycles. The number of nitrogen functional groups attached to an aromatic ring is 1. The smallest absolute Gasteiger partial charge is 0.320 e. The lowest BCUT2D eigenvalue weighted by Gasteiger charge is -2.17. The molecule has 0 aliphatic heterocycles. The Kier molecular flexibility index (Phi) is 5.03. The van der Waals surface area contributed by atoms with Crippen LogP contribution < -0.4 is 10.5 Å². The van der Waals surface area contributed by atoms with Crippen molar-refractivity contribution in [3.05, 3.63) is 22.2 Å². The van der Waals surface area contributed by atoms with Gasteiger partial charge >= 0.3 is 12.3 Å². The first-order valence-corrected chi connectivity index (χ1v) is 7.46. The van der Waals surface area contributed by atoms with E-state index in [-0.39, 0.29) is 16.1 Å². The normalized spacial score (nSPS) is 12.9. The lowest BCUT2D eigenvalue weighted by molar-refractivity contribution is -0.122. The molecule has 1 aromatic rings. The average Bonchev–Trinajstić information content (AvgIpc) is 2.31. The Labute approximate surface area is 121 Å². The fourth-order valence-electron chi connectivity index (χ4n) is 1.30. The summed E-state index contributed by atoms with van der Waals surface area (Å²) in [6, 6.07) is 2.58. The maximum atomic E-state index is 12.7. The van der Waals surface area contributed by atoms with Gasteiger partial charge in [0.05, 0.1) is 11.4 Å². The minimum absolute atomic E-state index is 0.125. The number of hydrogen-bond acceptors (Lipinski definition) is 3. The van der Waals surface area contributed by atoms with Gasteiger partial charge in [0.25, 0.3) is 0 Å². The van der Waals surface area contributed by atoms with E-state index in [1.165, 1.54) is 17.7 Å². The molecule has 0 amide bonds. The highest BCUT2D eigenvalue weighted by molar-refractivity contribution is 9.10. The molecule has 0 atom stereocenters. The first kappa shape index (κ1) is 17.2. The molecule has 114 valence electrons. The van der Waals surface area contributed by atoms with Crippen LogP contribution in [0.5, 0.6) is 0 Å². The third kappa shape index (κ3) is 3.83. The fraction of sp³-hybridized carbons (Fsp3) is 0.400. The van der Waals surface area contributed by atoms with E-state index in [0.717, 1.165) is 6.07 Å². The molecule has 10 heteroatoms. The van der Waals surface area contributed by atoms with Crippen molar-refractivity contribution in [3.63, 3.8) is 0 Å². The van der Waals surface area contributed by atoms with Gasteiger partial charge in [0.2, 0.25) is 10.0 Å². The lowest BCUT2D eigenvalue weighted by Crippen LogP contribution is -2.41. The van der Waals surface area contributed by atoms with Gasteiger partial charge in [-0.3, -0.25) is 0 Å². The average molecular weight is 379 g/mol. The van der Waals surface area contributed by atoms with Crippen molar-refractivity contribution < 1.29 is 26.0 Å². The van der Waals surface area contributed by atoms with E-state index < -0.39 is 28.9 Å². The van der Waals surface area contributed by atoms with E-state index in [1.54, 1.807) is 0 Å². The number of alkyl halides is 4. The van der Waals surface area contributed by atoms with E-state index in [4.69, 9.17) is 5.73 Å². The highest BCUT2D eigenvalue weighted by Crippen LogP contribution is 2.27. The SMILES string of the molecule is Cc1c(N)cc(Br)cc1S(=O)(=O)NCC(F)(F)C(F)F. The summed E-state index contributed by atoms with van der Waals surface area (Å²) in [4.78, 5) is -0.352. The Morgan fingerprint density at radius 3 is 2.45 bits per heavy atom. The predicted octanol–water partition coefficient (Wildman–Crippen LogP) is 2.52. The standard InChI is InChI=1S/C10H11BrF4N2O2S/c1-5-7(16)2-6(11)3-8(5)20(18,19)17-4-10(14,15)9(12)13/h2-3,9,17H,4,16H2,1H3. The molecule has 4 nitrogen and oxygen atoms in total. The molecule has 0 heterocycles. The van der Waals surface area contributed by atoms with Crippen LogP contribution in [0.1, 0.15) is 5.56 Å². The zero-order chi connectivity index (χ0) is 15.7. The lowest BCUT2D eigenvalue weighted by atomic mass is 10.2. The maximum absolute atomic E-state index is 12.7. The number of anilines is 1. The summed E-state index contributed by atoms with van der Waals surface area (Å²) in [6.45, 7) is -0.319. The number of halogens is 5. The van der Waals surface area contributed by atoms with Crippen LogP contribution in [0.15, 0.2) is 21.5 Å². The topological polar surface area (TPSA) is 72.2 Å². The highest BCUT2D eigenvalue weighted by Gasteiger charge is 2.41. The van der Waals surface area contributed by atoms with E-state index in [1.807, 2.05) is 0 Å². The number of hydrogen-bond donors (Lipinski definition) is 2. The molecule has 0 unspecified atom stereocenters. The highest BCUT2D eigenvalue weighted by atomic mass is 79.9. The van der Waals surface area contributed by atoms with Crippen molar-refractivity contribution in [2.45, 2.75) is 24.2 Å². The molecule has 3 N–H and O–H groups in total. The summed E-state index contributed by atoms with van der Waals surface area (Å²) in [5.74, 6) is -4.45. The van der Waals surface area contributed by atoms with Gasteiger partial charge in [-0.1, -0.05) is 15.9 Å². The Morgan fingerprint density at radius 1 is 1.40 bits per heavy atom. The molecule has 0 radical (unpaired) electrons. The number of rotatable bonds is 5. The second-order valence-corrected chi connectivity index (χ2v) is 6.66. The third-order valence-corrected chi connectivity index (χ3v) is 4.46. The summed E-state index contributed by atoms with van der Waals surface area (Å²) in [7, 11) is -4.38. The van der Waals surface area contributed by atoms with E-state index >= 15 is 0 Å². The molecule has 0 spiro atoms. The molecular weight excluding hydrogens is 368 g/mol. The summed E-state index contributed by atoms with van der Waals surface area (Å²) >= 11 is 3.01. The van der Waals surface area contributed by atoms with Crippen LogP contribution in [0.2, 0.25) is 0 Å². The van der Waals surface area contributed by atoms with Gasteiger partial charge in [-0.05, 0) is 24.6 Å². The zero-order valence-electron chi connectivity index (χ0n) is 10.1. The Balaban J connectivity index is 3.07. The predicted molar refractivity (Wildman–Crippen MR) is 69.4 cm³/mol. The van der Waals surface area contributed by atoms with Crippen molar-refractivity contribution in [2.75, 3.05) is 12.3 Å². The number of benzene rings is 1. The maximum Gasteiger partial charge on any atom is 0.320 e. The number of sulfonamides is 1. The van der Waals surface area contributed by atoms with E-state index in [2.05, 4.69) is 15.9 Å². The van der Waals surface area contributed by atoms with Gasteiger partial charge in [0, 0.05) is 10.2 Å². The number of nitrogens with two attached hydrogens (primary N) is 1. The van der Waals surface area contributed by atoms with Crippen LogP contribution in [0, 0.1) is 6.92 Å². The summed E-state index contributed by atoms with van der Waals surface area (Å²) in [6.07, 6.45) is -3.96. The van der Waals surface area contributed by atoms with Crippen LogP contribution in [-0.4, -0.2) is 27.3 Å². The molecule has 0 aliphatic rings. The largest absolute Gasteiger partial charge is 0.398 e. The summed E-state index contributed by atoms with van der Waals surface area (Å²) in [5.41, 5.74) is 5.82. The summed E-state index contributed by atoms with van der Waals surface area (Å²) < 4.78 is 75.0. The Hall–Kier alpha value is -0.870. The van der Waals surface area contributed by atoms with Gasteiger partial charge in [0.1, 0.15) is 0 Å². The van der Waals surface area contributed by atoms with Crippen molar-refractivity contribution in [3.8, 4) is 0 Å². The van der Waals surface area contributed by atoms with Gasteiger partial charge in [-0.15, -0.1) is 0 Å². The first-order valence-electron chi connectivity index (χ1n) is 5.18. The zero-order valence-corrected chi connectivity index (χ0v) is 12.5. The van der Waals surface area contributed by atoms with Crippen molar-refractivity contribution >= 4 is 31.6 Å². The Bertz CT molecular complexity index is 608. The van der Waals surface area contributed by atoms with Crippen molar-refractivity contribution in [2.24, 2.45) is 0 Å². The van der Waals surface area contributed by atoms with E-state index in [9.17, 15) is 26.0 Å². The van der Waals surface area contributed by atoms with Gasteiger partial charge in [0.15, 0.2) is 0 Å². The Morgan fingerprint density at radius 2 is 1.95 bits per heavy atom. The van der Waals surface area contributed by atoms with Crippen LogP contribution in [0.3, 0.4) is 0 Å². The van der Waals surface area contributed by atoms with Crippen LogP contribution in [0.4, 0.5) is 23.2 Å². The first-order chi connectivity index (χ1) is 8.97. The summed E-state index contributed by atoms with van der Waals surface area (Å²) in [5, 5.41) is 0. The van der Waals surface area contributed by atoms with Gasteiger partial charge < -0.3 is 5.73 Å². The fourth-order valence-corrected chi connectivity index (χ4v) is 3.27. The van der Waals surface area contributed by atoms with Crippen LogP contribution in [-0.2, 0) is 10.0 Å². The van der Waals surface area contributed by atoms with Crippen molar-refractivity contribution in [1.82, 2.24) is 4.72 Å². The van der Waals surface area contributed by atoms with Crippen LogP contribution >= 0.6 is 15.9 Å². The second kappa shape index (κ2) is 5.86. The minimum Gasteiger partial charge on any atom is -0.398 e. The van der Waals surface area contributed by atoms with E-state index in [0.29, 0.717) is 4.47 Å².